The number of amides is 3. The van der Waals surface area contributed by atoms with Gasteiger partial charge in [0.2, 0.25) is 17.7 Å². The molecular weight excluding hydrogens is 328 g/mol. The van der Waals surface area contributed by atoms with Crippen LogP contribution >= 0.6 is 0 Å². The molecule has 0 radical (unpaired) electrons. The van der Waals surface area contributed by atoms with Gasteiger partial charge in [-0.25, -0.2) is 0 Å². The lowest BCUT2D eigenvalue weighted by Crippen LogP contribution is -2.59. The van der Waals surface area contributed by atoms with Gasteiger partial charge in [-0.2, -0.15) is 0 Å². The van der Waals surface area contributed by atoms with Gasteiger partial charge in [-0.15, -0.1) is 0 Å². The largest absolute Gasteiger partial charge is 0.394 e. The van der Waals surface area contributed by atoms with Gasteiger partial charge >= 0.3 is 0 Å². The van der Waals surface area contributed by atoms with Crippen molar-refractivity contribution < 1.29 is 39.6 Å². The summed E-state index contributed by atoms with van der Waals surface area (Å²) in [5.74, 6) is -2.86. The topological polar surface area (TPSA) is 211 Å². The number of carbonyl (C=O) groups is 4. The van der Waals surface area contributed by atoms with E-state index in [1.165, 1.54) is 0 Å². The first-order chi connectivity index (χ1) is 11.3. The molecule has 0 spiro atoms. The third-order valence-electron chi connectivity index (χ3n) is 2.85. The Labute approximate surface area is 137 Å². The third kappa shape index (κ3) is 6.97. The van der Waals surface area contributed by atoms with Crippen LogP contribution in [-0.4, -0.2) is 95.0 Å². The highest BCUT2D eigenvalue weighted by Gasteiger charge is 2.28. The fourth-order valence-corrected chi connectivity index (χ4v) is 1.43. The van der Waals surface area contributed by atoms with Crippen LogP contribution in [0, 0.1) is 0 Å². The Bertz CT molecular complexity index is 447. The molecular formula is C12H22N4O8. The van der Waals surface area contributed by atoms with E-state index in [4.69, 9.17) is 26.2 Å². The summed E-state index contributed by atoms with van der Waals surface area (Å²) < 4.78 is 0. The summed E-state index contributed by atoms with van der Waals surface area (Å²) in [6.07, 6.45) is 0.265. The minimum absolute atomic E-state index is 0.265. The van der Waals surface area contributed by atoms with Gasteiger partial charge in [0.25, 0.3) is 0 Å². The van der Waals surface area contributed by atoms with Crippen LogP contribution < -0.4 is 21.7 Å². The van der Waals surface area contributed by atoms with E-state index < -0.39 is 68.3 Å². The molecule has 0 saturated heterocycles. The van der Waals surface area contributed by atoms with Crippen LogP contribution in [0.3, 0.4) is 0 Å². The zero-order valence-electron chi connectivity index (χ0n) is 12.7. The summed E-state index contributed by atoms with van der Waals surface area (Å²) in [6, 6.07) is -5.47. The molecule has 0 aromatic carbocycles. The minimum Gasteiger partial charge on any atom is -0.394 e. The number of hydrogen-bond acceptors (Lipinski definition) is 9. The molecule has 12 nitrogen and oxygen atoms in total. The predicted molar refractivity (Wildman–Crippen MR) is 78.2 cm³/mol. The molecule has 0 rings (SSSR count). The SMILES string of the molecule is N[C@@H](CO)C(=O)N[C@@H](CO)C(=O)N[C@@H](CO)C(=O)N[C@H](C=O)CO. The standard InChI is InChI=1S/C12H22N4O8/c13-7(3-19)10(22)15-9(5-21)12(24)16-8(4-20)11(23)14-6(1-17)2-18/h1,6-9,18-21H,2-5,13H2,(H,14,23)(H,15,22)(H,16,24)/t6-,7+,8+,9+/m1/s1. The van der Waals surface area contributed by atoms with Crippen LogP contribution in [0.15, 0.2) is 0 Å². The zero-order valence-corrected chi connectivity index (χ0v) is 12.7. The number of aliphatic hydroxyl groups is 4. The molecule has 0 unspecified atom stereocenters. The van der Waals surface area contributed by atoms with Gasteiger partial charge in [0, 0.05) is 0 Å². The summed E-state index contributed by atoms with van der Waals surface area (Å²) >= 11 is 0. The number of rotatable bonds is 11. The highest BCUT2D eigenvalue weighted by molar-refractivity contribution is 5.93. The van der Waals surface area contributed by atoms with Crippen molar-refractivity contribution in [1.29, 1.82) is 0 Å². The molecule has 12 heteroatoms. The summed E-state index contributed by atoms with van der Waals surface area (Å²) in [4.78, 5) is 45.7. The van der Waals surface area contributed by atoms with E-state index in [0.29, 0.717) is 0 Å². The molecule has 24 heavy (non-hydrogen) atoms. The van der Waals surface area contributed by atoms with Crippen LogP contribution in [0.25, 0.3) is 0 Å². The number of nitrogens with one attached hydrogen (secondary N) is 3. The summed E-state index contributed by atoms with van der Waals surface area (Å²) in [6.45, 7) is -3.02. The predicted octanol–water partition coefficient (Wildman–Crippen LogP) is -6.06. The van der Waals surface area contributed by atoms with Gasteiger partial charge < -0.3 is 46.9 Å². The fraction of sp³-hybridized carbons (Fsp3) is 0.667. The summed E-state index contributed by atoms with van der Waals surface area (Å²) in [5, 5.41) is 42.0. The van der Waals surface area contributed by atoms with Crippen molar-refractivity contribution in [2.24, 2.45) is 5.73 Å². The van der Waals surface area contributed by atoms with Crippen molar-refractivity contribution in [2.45, 2.75) is 24.2 Å². The first-order valence-corrected chi connectivity index (χ1v) is 6.89. The highest BCUT2D eigenvalue weighted by Crippen LogP contribution is 1.91. The van der Waals surface area contributed by atoms with Crippen LogP contribution in [0.5, 0.6) is 0 Å². The number of nitrogens with two attached hydrogens (primary N) is 1. The van der Waals surface area contributed by atoms with Crippen molar-refractivity contribution in [3.05, 3.63) is 0 Å². The molecule has 0 aliphatic rings. The molecule has 0 aromatic heterocycles. The monoisotopic (exact) mass is 350 g/mol. The molecule has 3 amide bonds. The van der Waals surface area contributed by atoms with Gasteiger partial charge in [-0.1, -0.05) is 0 Å². The maximum Gasteiger partial charge on any atom is 0.245 e. The molecule has 0 aliphatic heterocycles. The van der Waals surface area contributed by atoms with Gasteiger partial charge in [0.05, 0.1) is 26.4 Å². The number of hydrogen-bond donors (Lipinski definition) is 8. The summed E-state index contributed by atoms with van der Waals surface area (Å²) in [7, 11) is 0. The quantitative estimate of drug-likeness (QED) is 0.166. The molecule has 0 fully saturated rings. The van der Waals surface area contributed by atoms with E-state index in [0.717, 1.165) is 0 Å². The van der Waals surface area contributed by atoms with Crippen LogP contribution in [-0.2, 0) is 19.2 Å². The normalized spacial score (nSPS) is 15.5. The van der Waals surface area contributed by atoms with Crippen molar-refractivity contribution in [3.63, 3.8) is 0 Å². The Kier molecular flexibility index (Phi) is 10.4. The van der Waals surface area contributed by atoms with E-state index in [9.17, 15) is 19.2 Å². The lowest BCUT2D eigenvalue weighted by Gasteiger charge is -2.22. The zero-order chi connectivity index (χ0) is 18.7. The second kappa shape index (κ2) is 11.4. The van der Waals surface area contributed by atoms with E-state index >= 15 is 0 Å². The molecule has 138 valence electrons. The smallest absolute Gasteiger partial charge is 0.245 e. The molecule has 0 saturated carbocycles. The Balaban J connectivity index is 4.78. The van der Waals surface area contributed by atoms with Crippen molar-refractivity contribution in [3.8, 4) is 0 Å². The lowest BCUT2D eigenvalue weighted by atomic mass is 10.2. The molecule has 0 aromatic rings. The maximum absolute atomic E-state index is 11.9. The molecule has 0 bridgehead atoms. The Morgan fingerprint density at radius 2 is 1.25 bits per heavy atom. The summed E-state index contributed by atoms with van der Waals surface area (Å²) in [5.41, 5.74) is 5.24. The number of carbonyl (C=O) groups excluding carboxylic acids is 4. The molecule has 0 aliphatic carbocycles. The van der Waals surface area contributed by atoms with E-state index in [2.05, 4.69) is 16.0 Å². The Hall–Kier alpha value is -2.12. The number of aldehydes is 1. The van der Waals surface area contributed by atoms with Gasteiger partial charge in [-0.05, 0) is 0 Å². The van der Waals surface area contributed by atoms with Crippen LogP contribution in [0.2, 0.25) is 0 Å². The maximum atomic E-state index is 11.9. The first kappa shape index (κ1) is 21.9. The molecule has 4 atom stereocenters. The fourth-order valence-electron chi connectivity index (χ4n) is 1.43. The van der Waals surface area contributed by atoms with Gasteiger partial charge in [0.1, 0.15) is 30.5 Å². The second-order valence-corrected chi connectivity index (χ2v) is 4.71. The first-order valence-electron chi connectivity index (χ1n) is 6.89. The van der Waals surface area contributed by atoms with Gasteiger partial charge in [0.15, 0.2) is 0 Å². The Morgan fingerprint density at radius 3 is 1.62 bits per heavy atom. The van der Waals surface area contributed by atoms with E-state index in [1.54, 1.807) is 0 Å². The highest BCUT2D eigenvalue weighted by atomic mass is 16.3. The lowest BCUT2D eigenvalue weighted by molar-refractivity contribution is -0.134. The molecule has 9 N–H and O–H groups in total. The van der Waals surface area contributed by atoms with E-state index in [-0.39, 0.29) is 6.29 Å². The van der Waals surface area contributed by atoms with Crippen molar-refractivity contribution in [1.82, 2.24) is 16.0 Å². The minimum atomic E-state index is -1.48. The third-order valence-corrected chi connectivity index (χ3v) is 2.85. The van der Waals surface area contributed by atoms with E-state index in [1.807, 2.05) is 0 Å². The van der Waals surface area contributed by atoms with Crippen molar-refractivity contribution >= 4 is 24.0 Å². The van der Waals surface area contributed by atoms with Crippen LogP contribution in [0.4, 0.5) is 0 Å². The second-order valence-electron chi connectivity index (χ2n) is 4.71. The van der Waals surface area contributed by atoms with Gasteiger partial charge in [-0.3, -0.25) is 14.4 Å². The number of aliphatic hydroxyl groups excluding tert-OH is 4. The Morgan fingerprint density at radius 1 is 0.792 bits per heavy atom. The average Bonchev–Trinajstić information content (AvgIpc) is 2.60. The average molecular weight is 350 g/mol. The van der Waals surface area contributed by atoms with Crippen LogP contribution in [0.1, 0.15) is 0 Å². The molecule has 0 heterocycles. The van der Waals surface area contributed by atoms with Crippen molar-refractivity contribution in [2.75, 3.05) is 26.4 Å².